The number of hydrogen-bond acceptors (Lipinski definition) is 13. The van der Waals surface area contributed by atoms with Crippen LogP contribution in [0, 0.1) is 23.0 Å². The standard InChI is InChI=1S/C27H20ClF2N7O2S.C8H14N2O/c1-11(12-4-3-7-34-24(12)32)37-8-9-39-22-18-21(35-27(38-2)36-26(18)37)20(30)17(19(22)28)13-5-6-15(29)23-16(13)14(10-31)25(33)40-23;1-11-9-7-5-8-3-2-4-10(8)6-7/h3-7,11H,8-9,33H2,1-2H3,(H2,32,34);8H,2-6H2,1H3/b;9-7-. The number of halogens is 3. The number of fused-ring (bicyclic) bond motifs is 2. The molecule has 2 unspecified atom stereocenters. The van der Waals surface area contributed by atoms with Crippen LogP contribution in [0.1, 0.15) is 43.4 Å². The molecule has 2 fully saturated rings. The fourth-order valence-corrected chi connectivity index (χ4v) is 8.48. The minimum Gasteiger partial charge on any atom is -0.489 e. The number of rotatable bonds is 5. The van der Waals surface area contributed by atoms with Gasteiger partial charge in [0.2, 0.25) is 0 Å². The number of anilines is 3. The quantitative estimate of drug-likeness (QED) is 0.185. The summed E-state index contributed by atoms with van der Waals surface area (Å²) >= 11 is 7.79. The number of methoxy groups -OCH3 is 1. The monoisotopic (exact) mass is 733 g/mol. The number of thiophene rings is 1. The summed E-state index contributed by atoms with van der Waals surface area (Å²) in [6, 6.07) is 8.54. The summed E-state index contributed by atoms with van der Waals surface area (Å²) in [5.74, 6) is -0.570. The lowest BCUT2D eigenvalue weighted by molar-refractivity contribution is 0.212. The number of pyridine rings is 1. The van der Waals surface area contributed by atoms with Gasteiger partial charge >= 0.3 is 6.01 Å². The topological polar surface area (TPSA) is 161 Å². The summed E-state index contributed by atoms with van der Waals surface area (Å²) in [5.41, 5.74) is 14.1. The van der Waals surface area contributed by atoms with E-state index in [1.165, 1.54) is 44.3 Å². The zero-order valence-corrected chi connectivity index (χ0v) is 29.6. The normalized spacial score (nSPS) is 18.2. The van der Waals surface area contributed by atoms with Gasteiger partial charge in [0.25, 0.3) is 0 Å². The first kappa shape index (κ1) is 34.4. The van der Waals surface area contributed by atoms with Crippen molar-refractivity contribution in [2.75, 3.05) is 56.8 Å². The van der Waals surface area contributed by atoms with E-state index in [-0.39, 0.29) is 72.1 Å². The number of nitriles is 1. The highest BCUT2D eigenvalue weighted by Crippen LogP contribution is 2.51. The second kappa shape index (κ2) is 13.9. The molecule has 6 heterocycles. The van der Waals surface area contributed by atoms with Crippen LogP contribution in [0.3, 0.4) is 0 Å². The highest BCUT2D eigenvalue weighted by atomic mass is 35.5. The average molecular weight is 734 g/mol. The van der Waals surface area contributed by atoms with Gasteiger partial charge < -0.3 is 30.7 Å². The van der Waals surface area contributed by atoms with Gasteiger partial charge in [-0.3, -0.25) is 4.90 Å². The molecule has 0 amide bonds. The Morgan fingerprint density at radius 2 is 2.00 bits per heavy atom. The van der Waals surface area contributed by atoms with E-state index in [2.05, 4.69) is 25.0 Å². The molecule has 3 aliphatic rings. The number of nitrogens with zero attached hydrogens (tertiary/aromatic N) is 7. The Balaban J connectivity index is 0.000000313. The van der Waals surface area contributed by atoms with Gasteiger partial charge in [-0.25, -0.2) is 13.8 Å². The van der Waals surface area contributed by atoms with Crippen LogP contribution >= 0.6 is 22.9 Å². The second-order valence-electron chi connectivity index (χ2n) is 12.3. The number of nitrogens with two attached hydrogens (primary N) is 2. The molecular weight excluding hydrogens is 700 g/mol. The lowest BCUT2D eigenvalue weighted by Crippen LogP contribution is -2.31. The van der Waals surface area contributed by atoms with Gasteiger partial charge in [0.15, 0.2) is 11.6 Å². The third-order valence-electron chi connectivity index (χ3n) is 9.54. The number of nitrogen functional groups attached to an aromatic ring is 2. The molecule has 3 aromatic heterocycles. The predicted molar refractivity (Wildman–Crippen MR) is 195 cm³/mol. The van der Waals surface area contributed by atoms with E-state index < -0.39 is 11.6 Å². The van der Waals surface area contributed by atoms with E-state index in [0.717, 1.165) is 35.9 Å². The zero-order chi connectivity index (χ0) is 36.0. The Morgan fingerprint density at radius 1 is 1.18 bits per heavy atom. The maximum absolute atomic E-state index is 16.6. The van der Waals surface area contributed by atoms with Crippen LogP contribution in [0.4, 0.5) is 25.4 Å². The van der Waals surface area contributed by atoms with Crippen molar-refractivity contribution in [1.82, 2.24) is 19.9 Å². The number of oxime groups is 1. The van der Waals surface area contributed by atoms with E-state index in [4.69, 9.17) is 37.4 Å². The van der Waals surface area contributed by atoms with E-state index in [9.17, 15) is 9.65 Å². The zero-order valence-electron chi connectivity index (χ0n) is 28.0. The van der Waals surface area contributed by atoms with Crippen molar-refractivity contribution in [1.29, 1.82) is 5.26 Å². The lowest BCUT2D eigenvalue weighted by atomic mass is 9.96. The average Bonchev–Trinajstić information content (AvgIpc) is 3.78. The summed E-state index contributed by atoms with van der Waals surface area (Å²) in [6.45, 7) is 4.72. The predicted octanol–water partition coefficient (Wildman–Crippen LogP) is 6.70. The van der Waals surface area contributed by atoms with Gasteiger partial charge in [-0.1, -0.05) is 28.9 Å². The Morgan fingerprint density at radius 3 is 2.73 bits per heavy atom. The van der Waals surface area contributed by atoms with E-state index in [1.807, 2.05) is 24.0 Å². The van der Waals surface area contributed by atoms with Crippen molar-refractivity contribution in [2.24, 2.45) is 5.16 Å². The summed E-state index contributed by atoms with van der Waals surface area (Å²) < 4.78 is 43.0. The molecule has 0 saturated carbocycles. The lowest BCUT2D eigenvalue weighted by Gasteiger charge is -2.30. The minimum atomic E-state index is -0.814. The molecule has 3 aliphatic heterocycles. The Labute approximate surface area is 301 Å². The van der Waals surface area contributed by atoms with Gasteiger partial charge in [-0.15, -0.1) is 11.3 Å². The third-order valence-corrected chi connectivity index (χ3v) is 10.9. The SMILES string of the molecule is CO/N=C1/CC2CCCN2C1.COc1nc2c3c(c(Cl)c(-c4ccc(F)c5sc(N)c(C#N)c45)c(F)c3n1)OCCN2C(C)c1cccnc1N. The van der Waals surface area contributed by atoms with Crippen LogP contribution < -0.4 is 25.8 Å². The summed E-state index contributed by atoms with van der Waals surface area (Å²) in [7, 11) is 3.00. The van der Waals surface area contributed by atoms with Crippen LogP contribution in [0.15, 0.2) is 35.6 Å². The molecule has 4 N–H and O–H groups in total. The van der Waals surface area contributed by atoms with Crippen LogP contribution in [0.5, 0.6) is 11.8 Å². The summed E-state index contributed by atoms with van der Waals surface area (Å²) in [5, 5.41) is 14.2. The molecule has 8 rings (SSSR count). The fourth-order valence-electron chi connectivity index (χ4n) is 7.20. The highest BCUT2D eigenvalue weighted by Gasteiger charge is 2.34. The molecule has 0 spiro atoms. The summed E-state index contributed by atoms with van der Waals surface area (Å²) in [6.07, 6.45) is 5.45. The number of hydrogen-bond donors (Lipinski definition) is 2. The maximum atomic E-state index is 16.6. The molecule has 0 radical (unpaired) electrons. The molecule has 0 bridgehead atoms. The van der Waals surface area contributed by atoms with Crippen molar-refractivity contribution < 1.29 is 23.1 Å². The van der Waals surface area contributed by atoms with Crippen molar-refractivity contribution >= 4 is 66.3 Å². The molecule has 51 heavy (non-hydrogen) atoms. The van der Waals surface area contributed by atoms with E-state index in [1.54, 1.807) is 19.4 Å². The second-order valence-corrected chi connectivity index (χ2v) is 13.8. The minimum absolute atomic E-state index is 0.0341. The van der Waals surface area contributed by atoms with Gasteiger partial charge in [0.05, 0.1) is 46.1 Å². The first-order valence-electron chi connectivity index (χ1n) is 16.3. The first-order chi connectivity index (χ1) is 24.7. The first-order valence-corrected chi connectivity index (χ1v) is 17.5. The largest absolute Gasteiger partial charge is 0.489 e. The Kier molecular flexibility index (Phi) is 9.40. The van der Waals surface area contributed by atoms with Crippen LogP contribution in [-0.4, -0.2) is 72.1 Å². The molecule has 264 valence electrons. The highest BCUT2D eigenvalue weighted by molar-refractivity contribution is 7.23. The van der Waals surface area contributed by atoms with Crippen molar-refractivity contribution in [3.05, 3.63) is 58.2 Å². The van der Waals surface area contributed by atoms with Crippen LogP contribution in [-0.2, 0) is 4.84 Å². The third kappa shape index (κ3) is 5.96. The van der Waals surface area contributed by atoms with Crippen LogP contribution in [0.2, 0.25) is 5.02 Å². The Bertz CT molecular complexity index is 2230. The van der Waals surface area contributed by atoms with Crippen LogP contribution in [0.25, 0.3) is 32.1 Å². The smallest absolute Gasteiger partial charge is 0.318 e. The molecule has 12 nitrogen and oxygen atoms in total. The van der Waals surface area contributed by atoms with Crippen molar-refractivity contribution in [3.8, 4) is 29.0 Å². The fraction of sp³-hybridized carbons (Fsp3) is 0.343. The molecule has 2 saturated heterocycles. The van der Waals surface area contributed by atoms with Gasteiger partial charge in [0.1, 0.15) is 47.8 Å². The van der Waals surface area contributed by atoms with Crippen molar-refractivity contribution in [2.45, 2.75) is 38.3 Å². The summed E-state index contributed by atoms with van der Waals surface area (Å²) in [4.78, 5) is 22.2. The molecule has 0 aliphatic carbocycles. The molecule has 5 aromatic rings. The molecular formula is C35H34ClF2N9O3S. The van der Waals surface area contributed by atoms with Gasteiger partial charge in [-0.2, -0.15) is 15.2 Å². The number of aromatic nitrogens is 3. The van der Waals surface area contributed by atoms with E-state index >= 15 is 4.39 Å². The van der Waals surface area contributed by atoms with Gasteiger partial charge in [0, 0.05) is 41.7 Å². The molecule has 16 heteroatoms. The molecule has 2 atom stereocenters. The van der Waals surface area contributed by atoms with Crippen molar-refractivity contribution in [3.63, 3.8) is 0 Å². The number of ether oxygens (including phenoxy) is 2. The molecule has 2 aromatic carbocycles. The van der Waals surface area contributed by atoms with E-state index in [0.29, 0.717) is 18.2 Å². The Hall–Kier alpha value is -5.04. The van der Waals surface area contributed by atoms with Gasteiger partial charge in [-0.05, 0) is 44.0 Å². The maximum Gasteiger partial charge on any atom is 0.318 e. The number of benzene rings is 2.